The summed E-state index contributed by atoms with van der Waals surface area (Å²) in [6.07, 6.45) is -6.44. The van der Waals surface area contributed by atoms with E-state index in [1.54, 1.807) is 18.7 Å². The lowest BCUT2D eigenvalue weighted by atomic mass is 9.98. The molecule has 16 nitrogen and oxygen atoms in total. The van der Waals surface area contributed by atoms with E-state index in [0.717, 1.165) is 0 Å². The van der Waals surface area contributed by atoms with E-state index in [2.05, 4.69) is 21.3 Å². The fourth-order valence-electron chi connectivity index (χ4n) is 4.46. The van der Waals surface area contributed by atoms with Crippen LogP contribution in [0.3, 0.4) is 0 Å². The summed E-state index contributed by atoms with van der Waals surface area (Å²) >= 11 is 0. The SMILES string of the molecule is CCN(CC)C(=O)[C@H](CCCCN)NC(=O)CNC(=O)[C@H](CC(C)C)NC(=O)[C@@H](NC(=O)[C@H](O)[C@@H](O)[C@H](O)[C@H](O)CO)C(C)C. The topological polar surface area (TPSA) is 264 Å². The number of nitrogens with zero attached hydrogens (tertiary/aromatic N) is 1. The first-order valence-corrected chi connectivity index (χ1v) is 15.6. The van der Waals surface area contributed by atoms with Gasteiger partial charge in [0, 0.05) is 13.1 Å². The molecular formula is C29H56N6O10. The van der Waals surface area contributed by atoms with Gasteiger partial charge in [-0.15, -0.1) is 0 Å². The van der Waals surface area contributed by atoms with Gasteiger partial charge in [0.15, 0.2) is 6.10 Å². The molecule has 0 aromatic heterocycles. The molecule has 0 rings (SSSR count). The van der Waals surface area contributed by atoms with Crippen molar-refractivity contribution in [2.75, 3.05) is 32.8 Å². The second-order valence-corrected chi connectivity index (χ2v) is 11.7. The van der Waals surface area contributed by atoms with E-state index in [9.17, 15) is 44.4 Å². The number of carbonyl (C=O) groups excluding carboxylic acids is 5. The van der Waals surface area contributed by atoms with Gasteiger partial charge in [-0.3, -0.25) is 24.0 Å². The number of nitrogens with one attached hydrogen (secondary N) is 4. The third-order valence-corrected chi connectivity index (χ3v) is 7.19. The second-order valence-electron chi connectivity index (χ2n) is 11.7. The van der Waals surface area contributed by atoms with Crippen molar-refractivity contribution in [2.24, 2.45) is 17.6 Å². The maximum Gasteiger partial charge on any atom is 0.252 e. The van der Waals surface area contributed by atoms with Gasteiger partial charge in [-0.1, -0.05) is 27.7 Å². The minimum absolute atomic E-state index is 0.0722. The molecule has 262 valence electrons. The number of hydrogen-bond acceptors (Lipinski definition) is 11. The predicted octanol–water partition coefficient (Wildman–Crippen LogP) is -3.31. The minimum atomic E-state index is -2.25. The number of unbranched alkanes of at least 4 members (excludes halogenated alkanes) is 1. The Balaban J connectivity index is 5.53. The normalized spacial score (nSPS) is 16.1. The van der Waals surface area contributed by atoms with Gasteiger partial charge in [0.25, 0.3) is 5.91 Å². The van der Waals surface area contributed by atoms with Crippen LogP contribution in [-0.2, 0) is 24.0 Å². The molecule has 16 heteroatoms. The molecule has 7 atom stereocenters. The third-order valence-electron chi connectivity index (χ3n) is 7.19. The lowest BCUT2D eigenvalue weighted by molar-refractivity contribution is -0.151. The molecule has 11 N–H and O–H groups in total. The van der Waals surface area contributed by atoms with Crippen LogP contribution in [0.5, 0.6) is 0 Å². The molecule has 0 heterocycles. The molecule has 0 bridgehead atoms. The van der Waals surface area contributed by atoms with Crippen molar-refractivity contribution in [1.29, 1.82) is 0 Å². The van der Waals surface area contributed by atoms with Gasteiger partial charge in [-0.05, 0) is 57.9 Å². The lowest BCUT2D eigenvalue weighted by Crippen LogP contribution is -2.59. The summed E-state index contributed by atoms with van der Waals surface area (Å²) in [6, 6.07) is -3.19. The van der Waals surface area contributed by atoms with Crippen molar-refractivity contribution in [2.45, 2.75) is 110 Å². The molecule has 0 fully saturated rings. The Labute approximate surface area is 265 Å². The molecule has 0 aliphatic rings. The van der Waals surface area contributed by atoms with Gasteiger partial charge in [0.05, 0.1) is 13.2 Å². The highest BCUT2D eigenvalue weighted by molar-refractivity contribution is 5.94. The molecule has 0 saturated heterocycles. The highest BCUT2D eigenvalue weighted by Gasteiger charge is 2.37. The number of carbonyl (C=O) groups is 5. The van der Waals surface area contributed by atoms with Crippen molar-refractivity contribution in [1.82, 2.24) is 26.2 Å². The minimum Gasteiger partial charge on any atom is -0.394 e. The smallest absolute Gasteiger partial charge is 0.252 e. The Hall–Kier alpha value is -2.89. The molecule has 0 radical (unpaired) electrons. The summed E-state index contributed by atoms with van der Waals surface area (Å²) < 4.78 is 0. The van der Waals surface area contributed by atoms with E-state index in [4.69, 9.17) is 10.8 Å². The van der Waals surface area contributed by atoms with Crippen molar-refractivity contribution in [3.05, 3.63) is 0 Å². The summed E-state index contributed by atoms with van der Waals surface area (Å²) in [7, 11) is 0. The van der Waals surface area contributed by atoms with Crippen LogP contribution in [0.25, 0.3) is 0 Å². The van der Waals surface area contributed by atoms with Crippen LogP contribution >= 0.6 is 0 Å². The first kappa shape index (κ1) is 42.1. The van der Waals surface area contributed by atoms with E-state index in [1.165, 1.54) is 0 Å². The van der Waals surface area contributed by atoms with E-state index in [-0.39, 0.29) is 18.2 Å². The monoisotopic (exact) mass is 648 g/mol. The van der Waals surface area contributed by atoms with E-state index in [0.29, 0.717) is 38.9 Å². The predicted molar refractivity (Wildman–Crippen MR) is 165 cm³/mol. The summed E-state index contributed by atoms with van der Waals surface area (Å²) in [5, 5.41) is 58.4. The average molecular weight is 649 g/mol. The summed E-state index contributed by atoms with van der Waals surface area (Å²) in [5.41, 5.74) is 5.56. The first-order chi connectivity index (χ1) is 21.0. The molecule has 0 aliphatic heterocycles. The number of aliphatic hydroxyl groups is 5. The van der Waals surface area contributed by atoms with Gasteiger partial charge < -0.3 is 57.4 Å². The van der Waals surface area contributed by atoms with Gasteiger partial charge in [0.1, 0.15) is 36.4 Å². The number of rotatable bonds is 22. The molecule has 5 amide bonds. The van der Waals surface area contributed by atoms with Gasteiger partial charge in [0.2, 0.25) is 23.6 Å². The van der Waals surface area contributed by atoms with Crippen molar-refractivity contribution in [3.63, 3.8) is 0 Å². The van der Waals surface area contributed by atoms with Crippen molar-refractivity contribution in [3.8, 4) is 0 Å². The van der Waals surface area contributed by atoms with Crippen LogP contribution in [0.4, 0.5) is 0 Å². The molecule has 0 aromatic rings. The van der Waals surface area contributed by atoms with Gasteiger partial charge in [-0.2, -0.15) is 0 Å². The van der Waals surface area contributed by atoms with Gasteiger partial charge in [-0.25, -0.2) is 0 Å². The first-order valence-electron chi connectivity index (χ1n) is 15.6. The number of hydrogen-bond donors (Lipinski definition) is 10. The highest BCUT2D eigenvalue weighted by atomic mass is 16.4. The maximum atomic E-state index is 13.2. The third kappa shape index (κ3) is 14.8. The van der Waals surface area contributed by atoms with Crippen molar-refractivity contribution < 1.29 is 49.5 Å². The fraction of sp³-hybridized carbons (Fsp3) is 0.828. The van der Waals surface area contributed by atoms with E-state index < -0.39 is 85.2 Å². The van der Waals surface area contributed by atoms with Crippen LogP contribution in [0.15, 0.2) is 0 Å². The Morgan fingerprint density at radius 1 is 0.778 bits per heavy atom. The standard InChI is InChI=1S/C29H56N6O10/c1-7-35(8-2)29(45)18(11-9-10-12-30)32-21(38)14-31-26(42)19(13-16(3)4)33-27(43)22(17(5)6)34-28(44)25(41)24(40)23(39)20(37)15-36/h16-20,22-25,36-37,39-41H,7-15,30H2,1-6H3,(H,31,42)(H,32,38)(H,33,43)(H,34,44)/t18-,19-,20+,22-,23+,24-,25+/m0/s1. The Kier molecular flexibility index (Phi) is 20.4. The average Bonchev–Trinajstić information content (AvgIpc) is 2.99. The molecular weight excluding hydrogens is 592 g/mol. The number of likely N-dealkylation sites (N-methyl/N-ethyl adjacent to an activating group) is 1. The molecule has 0 unspecified atom stereocenters. The number of aliphatic hydroxyl groups excluding tert-OH is 5. The zero-order valence-corrected chi connectivity index (χ0v) is 27.4. The lowest BCUT2D eigenvalue weighted by Gasteiger charge is -2.29. The van der Waals surface area contributed by atoms with E-state index in [1.807, 2.05) is 27.7 Å². The Bertz CT molecular complexity index is 933. The molecule has 0 saturated carbocycles. The highest BCUT2D eigenvalue weighted by Crippen LogP contribution is 2.11. The quantitative estimate of drug-likeness (QED) is 0.0520. The second kappa shape index (κ2) is 21.8. The van der Waals surface area contributed by atoms with Crippen LogP contribution in [-0.4, -0.2) is 135 Å². The van der Waals surface area contributed by atoms with Crippen molar-refractivity contribution >= 4 is 29.5 Å². The zero-order valence-electron chi connectivity index (χ0n) is 27.4. The van der Waals surface area contributed by atoms with Crippen LogP contribution < -0.4 is 27.0 Å². The summed E-state index contributed by atoms with van der Waals surface area (Å²) in [4.78, 5) is 66.2. The van der Waals surface area contributed by atoms with Crippen LogP contribution in [0.1, 0.15) is 67.2 Å². The maximum absolute atomic E-state index is 13.2. The van der Waals surface area contributed by atoms with E-state index >= 15 is 0 Å². The molecule has 0 spiro atoms. The fourth-order valence-corrected chi connectivity index (χ4v) is 4.46. The van der Waals surface area contributed by atoms with Gasteiger partial charge >= 0.3 is 0 Å². The Morgan fingerprint density at radius 2 is 1.38 bits per heavy atom. The molecule has 45 heavy (non-hydrogen) atoms. The molecule has 0 aliphatic carbocycles. The largest absolute Gasteiger partial charge is 0.394 e. The zero-order chi connectivity index (χ0) is 34.9. The summed E-state index contributed by atoms with van der Waals surface area (Å²) in [5.74, 6) is -4.15. The van der Waals surface area contributed by atoms with Crippen LogP contribution in [0, 0.1) is 11.8 Å². The number of amides is 5. The Morgan fingerprint density at radius 3 is 1.87 bits per heavy atom. The molecule has 0 aromatic carbocycles. The van der Waals surface area contributed by atoms with Crippen LogP contribution in [0.2, 0.25) is 0 Å². The summed E-state index contributed by atoms with van der Waals surface area (Å²) in [6.45, 7) is 10.5. The number of nitrogens with two attached hydrogens (primary N) is 1.